The first kappa shape index (κ1) is 25.5. The minimum Gasteiger partial charge on any atom is -0.489 e. The molecule has 0 radical (unpaired) electrons. The maximum Gasteiger partial charge on any atom is 0.262 e. The lowest BCUT2D eigenvalue weighted by molar-refractivity contribution is -0.123. The van der Waals surface area contributed by atoms with Crippen molar-refractivity contribution < 1.29 is 14.3 Å². The number of carbonyl (C=O) groups excluding carboxylic acids is 2. The number of halogens is 2. The Labute approximate surface area is 212 Å². The fourth-order valence-corrected chi connectivity index (χ4v) is 3.52. The number of amides is 2. The first-order valence-corrected chi connectivity index (χ1v) is 11.9. The molecular formula is C26H25BrClN3O3. The Morgan fingerprint density at radius 3 is 2.35 bits per heavy atom. The molecule has 1 atom stereocenters. The Kier molecular flexibility index (Phi) is 9.24. The van der Waals surface area contributed by atoms with Crippen LogP contribution in [0.3, 0.4) is 0 Å². The number of nitrogens with zero attached hydrogens (tertiary/aromatic N) is 1. The molecule has 8 heteroatoms. The molecule has 6 nitrogen and oxygen atoms in total. The van der Waals surface area contributed by atoms with Gasteiger partial charge in [0.25, 0.3) is 11.8 Å². The molecule has 2 amide bonds. The van der Waals surface area contributed by atoms with Crippen LogP contribution in [-0.2, 0) is 11.4 Å². The molecule has 0 saturated carbocycles. The van der Waals surface area contributed by atoms with E-state index < -0.39 is 17.9 Å². The minimum atomic E-state index is -0.768. The molecule has 1 unspecified atom stereocenters. The second-order valence-corrected chi connectivity index (χ2v) is 9.22. The number of ether oxygens (including phenoxy) is 1. The van der Waals surface area contributed by atoms with Crippen molar-refractivity contribution in [1.29, 1.82) is 0 Å². The van der Waals surface area contributed by atoms with Crippen LogP contribution in [0.1, 0.15) is 35.3 Å². The van der Waals surface area contributed by atoms with Gasteiger partial charge in [-0.3, -0.25) is 9.59 Å². The van der Waals surface area contributed by atoms with Crippen LogP contribution in [0, 0.1) is 5.92 Å². The van der Waals surface area contributed by atoms with Gasteiger partial charge in [-0.25, -0.2) is 5.43 Å². The SMILES string of the molecule is CC(C)C(NC(=O)c1ccccc1Cl)C(=O)N/N=C/c1ccc(OCc2ccc(Br)cc2)cc1. The first-order chi connectivity index (χ1) is 16.3. The second kappa shape index (κ2) is 12.3. The van der Waals surface area contributed by atoms with Crippen molar-refractivity contribution in [2.75, 3.05) is 0 Å². The average molecular weight is 543 g/mol. The largest absolute Gasteiger partial charge is 0.489 e. The lowest BCUT2D eigenvalue weighted by Crippen LogP contribution is -2.48. The predicted octanol–water partition coefficient (Wildman–Crippen LogP) is 5.59. The fourth-order valence-electron chi connectivity index (χ4n) is 3.04. The van der Waals surface area contributed by atoms with Gasteiger partial charge >= 0.3 is 0 Å². The second-order valence-electron chi connectivity index (χ2n) is 7.89. The highest BCUT2D eigenvalue weighted by molar-refractivity contribution is 9.10. The lowest BCUT2D eigenvalue weighted by atomic mass is 10.0. The number of nitrogens with one attached hydrogen (secondary N) is 2. The molecule has 3 rings (SSSR count). The molecular weight excluding hydrogens is 518 g/mol. The summed E-state index contributed by atoms with van der Waals surface area (Å²) in [5, 5.41) is 7.08. The smallest absolute Gasteiger partial charge is 0.262 e. The van der Waals surface area contributed by atoms with E-state index in [4.69, 9.17) is 16.3 Å². The van der Waals surface area contributed by atoms with Crippen LogP contribution in [0.15, 0.2) is 82.4 Å². The van der Waals surface area contributed by atoms with Gasteiger partial charge in [0.2, 0.25) is 0 Å². The zero-order valence-corrected chi connectivity index (χ0v) is 21.1. The van der Waals surface area contributed by atoms with Crippen LogP contribution in [0.4, 0.5) is 0 Å². The van der Waals surface area contributed by atoms with Crippen LogP contribution in [0.5, 0.6) is 5.75 Å². The van der Waals surface area contributed by atoms with Gasteiger partial charge in [-0.2, -0.15) is 5.10 Å². The van der Waals surface area contributed by atoms with E-state index in [0.29, 0.717) is 17.2 Å². The van der Waals surface area contributed by atoms with Gasteiger partial charge in [0.15, 0.2) is 0 Å². The zero-order valence-electron chi connectivity index (χ0n) is 18.8. The molecule has 0 aliphatic heterocycles. The molecule has 0 aromatic heterocycles. The molecule has 0 heterocycles. The summed E-state index contributed by atoms with van der Waals surface area (Å²) >= 11 is 9.50. The molecule has 0 aliphatic rings. The summed E-state index contributed by atoms with van der Waals surface area (Å²) in [6, 6.07) is 21.2. The van der Waals surface area contributed by atoms with E-state index in [-0.39, 0.29) is 5.92 Å². The molecule has 176 valence electrons. The Morgan fingerprint density at radius 2 is 1.71 bits per heavy atom. The highest BCUT2D eigenvalue weighted by Crippen LogP contribution is 2.17. The van der Waals surface area contributed by atoms with Gasteiger partial charge in [0.05, 0.1) is 16.8 Å². The highest BCUT2D eigenvalue weighted by Gasteiger charge is 2.25. The third kappa shape index (κ3) is 7.43. The number of hydrogen-bond acceptors (Lipinski definition) is 4. The zero-order chi connectivity index (χ0) is 24.5. The number of carbonyl (C=O) groups is 2. The summed E-state index contributed by atoms with van der Waals surface area (Å²) in [6.07, 6.45) is 1.53. The number of hydrogen-bond donors (Lipinski definition) is 2. The third-order valence-corrected chi connectivity index (χ3v) is 5.80. The molecule has 0 spiro atoms. The molecule has 0 bridgehead atoms. The van der Waals surface area contributed by atoms with E-state index >= 15 is 0 Å². The molecule has 0 aliphatic carbocycles. The van der Waals surface area contributed by atoms with E-state index in [1.54, 1.807) is 24.3 Å². The van der Waals surface area contributed by atoms with Crippen LogP contribution in [0.25, 0.3) is 0 Å². The quantitative estimate of drug-likeness (QED) is 0.273. The van der Waals surface area contributed by atoms with Gasteiger partial charge in [-0.15, -0.1) is 0 Å². The fraction of sp³-hybridized carbons (Fsp3) is 0.192. The molecule has 3 aromatic rings. The first-order valence-electron chi connectivity index (χ1n) is 10.7. The summed E-state index contributed by atoms with van der Waals surface area (Å²) in [5.41, 5.74) is 4.67. The number of benzene rings is 3. The Balaban J connectivity index is 1.53. The van der Waals surface area contributed by atoms with E-state index in [1.807, 2.05) is 62.4 Å². The number of rotatable bonds is 9. The molecule has 0 saturated heterocycles. The van der Waals surface area contributed by atoms with Crippen molar-refractivity contribution in [3.8, 4) is 5.75 Å². The topological polar surface area (TPSA) is 79.8 Å². The lowest BCUT2D eigenvalue weighted by Gasteiger charge is -2.20. The van der Waals surface area contributed by atoms with Crippen molar-refractivity contribution in [3.63, 3.8) is 0 Å². The van der Waals surface area contributed by atoms with Crippen molar-refractivity contribution in [2.24, 2.45) is 11.0 Å². The Morgan fingerprint density at radius 1 is 1.03 bits per heavy atom. The predicted molar refractivity (Wildman–Crippen MR) is 138 cm³/mol. The van der Waals surface area contributed by atoms with Crippen molar-refractivity contribution in [3.05, 3.63) is 99.0 Å². The monoisotopic (exact) mass is 541 g/mol. The van der Waals surface area contributed by atoms with E-state index in [1.165, 1.54) is 6.21 Å². The summed E-state index contributed by atoms with van der Waals surface area (Å²) < 4.78 is 6.81. The Bertz CT molecular complexity index is 1150. The molecule has 2 N–H and O–H groups in total. The summed E-state index contributed by atoms with van der Waals surface area (Å²) in [6.45, 7) is 4.15. The maximum atomic E-state index is 12.6. The van der Waals surface area contributed by atoms with E-state index in [2.05, 4.69) is 31.8 Å². The Hall–Kier alpha value is -3.16. The summed E-state index contributed by atoms with van der Waals surface area (Å²) in [5.74, 6) is -0.252. The van der Waals surface area contributed by atoms with E-state index in [9.17, 15) is 9.59 Å². The van der Waals surface area contributed by atoms with Gasteiger partial charge in [-0.1, -0.05) is 65.6 Å². The van der Waals surface area contributed by atoms with Crippen LogP contribution >= 0.6 is 27.5 Å². The molecule has 0 fully saturated rings. The highest BCUT2D eigenvalue weighted by atomic mass is 79.9. The van der Waals surface area contributed by atoms with Gasteiger partial charge in [-0.05, 0) is 65.6 Å². The normalized spacial score (nSPS) is 11.9. The van der Waals surface area contributed by atoms with Crippen LogP contribution in [0.2, 0.25) is 5.02 Å². The van der Waals surface area contributed by atoms with Crippen molar-refractivity contribution in [1.82, 2.24) is 10.7 Å². The van der Waals surface area contributed by atoms with Crippen molar-refractivity contribution >= 4 is 45.6 Å². The van der Waals surface area contributed by atoms with E-state index in [0.717, 1.165) is 21.3 Å². The third-order valence-electron chi connectivity index (χ3n) is 4.94. The number of hydrazone groups is 1. The van der Waals surface area contributed by atoms with Gasteiger partial charge in [0.1, 0.15) is 18.4 Å². The minimum absolute atomic E-state index is 0.149. The summed E-state index contributed by atoms with van der Waals surface area (Å²) in [4.78, 5) is 25.2. The maximum absolute atomic E-state index is 12.6. The van der Waals surface area contributed by atoms with Gasteiger partial charge < -0.3 is 10.1 Å². The molecule has 3 aromatic carbocycles. The van der Waals surface area contributed by atoms with Crippen LogP contribution < -0.4 is 15.5 Å². The van der Waals surface area contributed by atoms with Crippen molar-refractivity contribution in [2.45, 2.75) is 26.5 Å². The standard InChI is InChI=1S/C26H25BrClN3O3/c1-17(2)24(30-25(32)22-5-3-4-6-23(22)28)26(33)31-29-15-18-9-13-21(14-10-18)34-16-19-7-11-20(27)12-8-19/h3-15,17,24H,16H2,1-2H3,(H,30,32)(H,31,33)/b29-15+. The van der Waals surface area contributed by atoms with Crippen LogP contribution in [-0.4, -0.2) is 24.1 Å². The summed E-state index contributed by atoms with van der Waals surface area (Å²) in [7, 11) is 0. The van der Waals surface area contributed by atoms with Gasteiger partial charge in [0, 0.05) is 4.47 Å². The molecule has 34 heavy (non-hydrogen) atoms. The average Bonchev–Trinajstić information content (AvgIpc) is 2.83.